The van der Waals surface area contributed by atoms with E-state index in [9.17, 15) is 9.59 Å². The lowest BCUT2D eigenvalue weighted by Gasteiger charge is -2.28. The summed E-state index contributed by atoms with van der Waals surface area (Å²) < 4.78 is 11.1. The first kappa shape index (κ1) is 19.7. The Kier molecular flexibility index (Phi) is 6.89. The molecule has 0 saturated carbocycles. The normalized spacial score (nSPS) is 13.7. The van der Waals surface area contributed by atoms with Gasteiger partial charge in [0.15, 0.2) is 18.1 Å². The van der Waals surface area contributed by atoms with E-state index in [1.165, 1.54) is 24.9 Å². The second-order valence-electron chi connectivity index (χ2n) is 6.69. The molecule has 1 N–H and O–H groups in total. The van der Waals surface area contributed by atoms with Gasteiger partial charge >= 0.3 is 0 Å². The van der Waals surface area contributed by atoms with E-state index in [4.69, 9.17) is 9.47 Å². The Labute approximate surface area is 165 Å². The van der Waals surface area contributed by atoms with Gasteiger partial charge in [-0.3, -0.25) is 9.59 Å². The quantitative estimate of drug-likeness (QED) is 0.701. The van der Waals surface area contributed by atoms with Crippen molar-refractivity contribution < 1.29 is 19.1 Å². The molecule has 1 amide bonds. The number of hydrogen-bond acceptors (Lipinski definition) is 5. The number of nitrogens with zero attached hydrogens (tertiary/aromatic N) is 1. The summed E-state index contributed by atoms with van der Waals surface area (Å²) >= 11 is 0. The Morgan fingerprint density at radius 3 is 2.46 bits per heavy atom. The average molecular weight is 382 g/mol. The predicted molar refractivity (Wildman–Crippen MR) is 110 cm³/mol. The maximum atomic E-state index is 12.2. The topological polar surface area (TPSA) is 67.9 Å². The number of piperidine rings is 1. The van der Waals surface area contributed by atoms with E-state index < -0.39 is 0 Å². The van der Waals surface area contributed by atoms with Gasteiger partial charge in [-0.15, -0.1) is 0 Å². The average Bonchev–Trinajstić information content (AvgIpc) is 2.74. The molecule has 0 bridgehead atoms. The number of hydrogen-bond donors (Lipinski definition) is 1. The highest BCUT2D eigenvalue weighted by Crippen LogP contribution is 2.28. The fraction of sp³-hybridized carbons (Fsp3) is 0.364. The molecular weight excluding hydrogens is 356 g/mol. The minimum Gasteiger partial charge on any atom is -0.490 e. The van der Waals surface area contributed by atoms with Crippen molar-refractivity contribution in [3.8, 4) is 11.5 Å². The summed E-state index contributed by atoms with van der Waals surface area (Å²) in [5.74, 6) is 0.626. The van der Waals surface area contributed by atoms with Gasteiger partial charge in [-0.05, 0) is 68.7 Å². The first-order chi connectivity index (χ1) is 13.7. The smallest absolute Gasteiger partial charge is 0.262 e. The largest absolute Gasteiger partial charge is 0.490 e. The number of anilines is 2. The molecule has 1 aliphatic rings. The van der Waals surface area contributed by atoms with Crippen LogP contribution < -0.4 is 19.7 Å². The van der Waals surface area contributed by atoms with Crippen LogP contribution in [0.4, 0.5) is 11.4 Å². The second-order valence-corrected chi connectivity index (χ2v) is 6.69. The fourth-order valence-electron chi connectivity index (χ4n) is 3.23. The molecule has 0 aromatic heterocycles. The van der Waals surface area contributed by atoms with Crippen molar-refractivity contribution >= 4 is 23.6 Å². The zero-order valence-electron chi connectivity index (χ0n) is 16.1. The molecule has 2 aromatic carbocycles. The molecule has 2 aromatic rings. The van der Waals surface area contributed by atoms with Gasteiger partial charge in [0.25, 0.3) is 5.91 Å². The number of ether oxygens (including phenoxy) is 2. The molecule has 1 saturated heterocycles. The minimum absolute atomic E-state index is 0.144. The van der Waals surface area contributed by atoms with Gasteiger partial charge in [0, 0.05) is 30.0 Å². The summed E-state index contributed by atoms with van der Waals surface area (Å²) in [6, 6.07) is 12.7. The summed E-state index contributed by atoms with van der Waals surface area (Å²) in [4.78, 5) is 25.5. The van der Waals surface area contributed by atoms with Crippen LogP contribution in [0, 0.1) is 0 Å². The van der Waals surface area contributed by atoms with Crippen LogP contribution in [0.15, 0.2) is 42.5 Å². The molecule has 1 heterocycles. The van der Waals surface area contributed by atoms with Crippen LogP contribution in [0.3, 0.4) is 0 Å². The Morgan fingerprint density at radius 2 is 1.79 bits per heavy atom. The van der Waals surface area contributed by atoms with Crippen LogP contribution in [-0.4, -0.2) is 38.5 Å². The first-order valence-corrected chi connectivity index (χ1v) is 9.69. The van der Waals surface area contributed by atoms with E-state index in [1.807, 2.05) is 31.2 Å². The number of aldehydes is 1. The zero-order chi connectivity index (χ0) is 19.8. The number of rotatable bonds is 8. The molecule has 28 heavy (non-hydrogen) atoms. The van der Waals surface area contributed by atoms with Crippen LogP contribution in [-0.2, 0) is 4.79 Å². The van der Waals surface area contributed by atoms with Gasteiger partial charge < -0.3 is 19.7 Å². The lowest BCUT2D eigenvalue weighted by Crippen LogP contribution is -2.29. The van der Waals surface area contributed by atoms with Crippen molar-refractivity contribution in [3.05, 3.63) is 48.0 Å². The summed E-state index contributed by atoms with van der Waals surface area (Å²) in [6.45, 7) is 4.31. The van der Waals surface area contributed by atoms with E-state index in [-0.39, 0.29) is 12.5 Å². The van der Waals surface area contributed by atoms with Crippen molar-refractivity contribution in [2.75, 3.05) is 36.5 Å². The third-order valence-electron chi connectivity index (χ3n) is 4.63. The third-order valence-corrected chi connectivity index (χ3v) is 4.63. The fourth-order valence-corrected chi connectivity index (χ4v) is 3.23. The lowest BCUT2D eigenvalue weighted by atomic mass is 10.1. The van der Waals surface area contributed by atoms with Crippen LogP contribution in [0.1, 0.15) is 36.5 Å². The van der Waals surface area contributed by atoms with Crippen LogP contribution in [0.2, 0.25) is 0 Å². The minimum atomic E-state index is -0.257. The van der Waals surface area contributed by atoms with E-state index in [0.717, 1.165) is 25.1 Å². The van der Waals surface area contributed by atoms with Crippen molar-refractivity contribution in [3.63, 3.8) is 0 Å². The van der Waals surface area contributed by atoms with Crippen molar-refractivity contribution in [1.82, 2.24) is 0 Å². The molecule has 148 valence electrons. The summed E-state index contributed by atoms with van der Waals surface area (Å²) in [7, 11) is 0. The van der Waals surface area contributed by atoms with Gasteiger partial charge in [-0.2, -0.15) is 0 Å². The van der Waals surface area contributed by atoms with Gasteiger partial charge in [0.1, 0.15) is 6.29 Å². The van der Waals surface area contributed by atoms with Gasteiger partial charge in [0.05, 0.1) is 6.61 Å². The first-order valence-electron chi connectivity index (χ1n) is 9.69. The highest BCUT2D eigenvalue weighted by Gasteiger charge is 2.12. The van der Waals surface area contributed by atoms with Crippen LogP contribution >= 0.6 is 0 Å². The third kappa shape index (κ3) is 5.25. The zero-order valence-corrected chi connectivity index (χ0v) is 16.1. The summed E-state index contributed by atoms with van der Waals surface area (Å²) in [5, 5.41) is 2.84. The number of carbonyl (C=O) groups is 2. The summed E-state index contributed by atoms with van der Waals surface area (Å²) in [6.07, 6.45) is 4.50. The number of amides is 1. The van der Waals surface area contributed by atoms with Crippen molar-refractivity contribution in [2.24, 2.45) is 0 Å². The highest BCUT2D eigenvalue weighted by molar-refractivity contribution is 5.92. The molecular formula is C22H26N2O4. The monoisotopic (exact) mass is 382 g/mol. The van der Waals surface area contributed by atoms with Crippen molar-refractivity contribution in [1.29, 1.82) is 0 Å². The second kappa shape index (κ2) is 9.78. The van der Waals surface area contributed by atoms with Gasteiger partial charge in [-0.1, -0.05) is 0 Å². The number of carbonyl (C=O) groups excluding carboxylic acids is 2. The van der Waals surface area contributed by atoms with Crippen LogP contribution in [0.5, 0.6) is 11.5 Å². The number of benzene rings is 2. The molecule has 1 fully saturated rings. The molecule has 0 radical (unpaired) electrons. The van der Waals surface area contributed by atoms with Crippen molar-refractivity contribution in [2.45, 2.75) is 26.2 Å². The van der Waals surface area contributed by atoms with Gasteiger partial charge in [-0.25, -0.2) is 0 Å². The maximum absolute atomic E-state index is 12.2. The van der Waals surface area contributed by atoms with E-state index in [1.54, 1.807) is 18.2 Å². The van der Waals surface area contributed by atoms with Gasteiger partial charge in [0.2, 0.25) is 0 Å². The standard InChI is InChI=1S/C22H26N2O4/c1-2-27-21-14-17(15-25)6-11-20(21)28-16-22(26)23-18-7-9-19(10-8-18)24-12-4-3-5-13-24/h6-11,14-15H,2-5,12-13,16H2,1H3,(H,23,26). The van der Waals surface area contributed by atoms with E-state index in [0.29, 0.717) is 23.7 Å². The molecule has 0 aliphatic carbocycles. The molecule has 6 heteroatoms. The maximum Gasteiger partial charge on any atom is 0.262 e. The molecule has 0 unspecified atom stereocenters. The molecule has 6 nitrogen and oxygen atoms in total. The van der Waals surface area contributed by atoms with E-state index >= 15 is 0 Å². The SMILES string of the molecule is CCOc1cc(C=O)ccc1OCC(=O)Nc1ccc(N2CCCCC2)cc1. The lowest BCUT2D eigenvalue weighted by molar-refractivity contribution is -0.118. The summed E-state index contributed by atoms with van der Waals surface area (Å²) in [5.41, 5.74) is 2.41. The predicted octanol–water partition coefficient (Wildman–Crippen LogP) is 3.91. The molecule has 3 rings (SSSR count). The van der Waals surface area contributed by atoms with Crippen LogP contribution in [0.25, 0.3) is 0 Å². The Morgan fingerprint density at radius 1 is 1.04 bits per heavy atom. The number of nitrogens with one attached hydrogen (secondary N) is 1. The Hall–Kier alpha value is -3.02. The highest BCUT2D eigenvalue weighted by atomic mass is 16.5. The molecule has 0 spiro atoms. The molecule has 0 atom stereocenters. The Balaban J connectivity index is 1.55. The Bertz CT molecular complexity index is 799. The van der Waals surface area contributed by atoms with E-state index in [2.05, 4.69) is 10.2 Å². The molecule has 1 aliphatic heterocycles.